The highest BCUT2D eigenvalue weighted by molar-refractivity contribution is 5.33. The molecule has 1 rings (SSSR count). The standard InChI is InChI=1S/C13H17FN2O/c1-2-17-5-3-4-16-10-12-6-11(9-15)7-13(14)8-12/h6-8,16H,2-5,10H2,1H3. The number of benzene rings is 1. The van der Waals surface area contributed by atoms with Gasteiger partial charge in [-0.1, -0.05) is 0 Å². The molecule has 0 aliphatic rings. The first kappa shape index (κ1) is 13.6. The van der Waals surface area contributed by atoms with Gasteiger partial charge in [0.15, 0.2) is 0 Å². The summed E-state index contributed by atoms with van der Waals surface area (Å²) in [5.41, 5.74) is 1.15. The summed E-state index contributed by atoms with van der Waals surface area (Å²) in [7, 11) is 0. The molecule has 0 aromatic heterocycles. The summed E-state index contributed by atoms with van der Waals surface area (Å²) in [5.74, 6) is -0.366. The molecule has 0 radical (unpaired) electrons. The van der Waals surface area contributed by atoms with E-state index in [0.29, 0.717) is 12.1 Å². The van der Waals surface area contributed by atoms with Crippen LogP contribution in [0.1, 0.15) is 24.5 Å². The van der Waals surface area contributed by atoms with Crippen LogP contribution in [0.2, 0.25) is 0 Å². The highest BCUT2D eigenvalue weighted by Crippen LogP contribution is 2.08. The Bertz CT molecular complexity index is 387. The molecule has 1 N–H and O–H groups in total. The van der Waals surface area contributed by atoms with Gasteiger partial charge in [-0.3, -0.25) is 0 Å². The first-order chi connectivity index (χ1) is 8.26. The average Bonchev–Trinajstić information content (AvgIpc) is 2.33. The lowest BCUT2D eigenvalue weighted by molar-refractivity contribution is 0.144. The third kappa shape index (κ3) is 5.43. The van der Waals surface area contributed by atoms with E-state index >= 15 is 0 Å². The number of halogens is 1. The largest absolute Gasteiger partial charge is 0.382 e. The number of nitrogens with zero attached hydrogens (tertiary/aromatic N) is 1. The summed E-state index contributed by atoms with van der Waals surface area (Å²) in [5, 5.41) is 11.9. The second-order valence-electron chi connectivity index (χ2n) is 3.69. The van der Waals surface area contributed by atoms with E-state index in [0.717, 1.165) is 31.7 Å². The van der Waals surface area contributed by atoms with Crippen LogP contribution in [-0.4, -0.2) is 19.8 Å². The van der Waals surface area contributed by atoms with Crippen molar-refractivity contribution >= 4 is 0 Å². The Morgan fingerprint density at radius 3 is 2.94 bits per heavy atom. The van der Waals surface area contributed by atoms with Gasteiger partial charge in [0.05, 0.1) is 11.6 Å². The summed E-state index contributed by atoms with van der Waals surface area (Å²) in [6.07, 6.45) is 0.925. The molecule has 0 heterocycles. The molecule has 0 atom stereocenters. The van der Waals surface area contributed by atoms with E-state index in [4.69, 9.17) is 10.00 Å². The van der Waals surface area contributed by atoms with Gasteiger partial charge < -0.3 is 10.1 Å². The zero-order valence-electron chi connectivity index (χ0n) is 10.0. The number of rotatable bonds is 7. The molecule has 17 heavy (non-hydrogen) atoms. The average molecular weight is 236 g/mol. The Balaban J connectivity index is 2.32. The first-order valence-electron chi connectivity index (χ1n) is 5.74. The van der Waals surface area contributed by atoms with Crippen molar-refractivity contribution < 1.29 is 9.13 Å². The molecule has 3 nitrogen and oxygen atoms in total. The second-order valence-corrected chi connectivity index (χ2v) is 3.69. The fourth-order valence-electron chi connectivity index (χ4n) is 1.49. The van der Waals surface area contributed by atoms with Crippen LogP contribution in [-0.2, 0) is 11.3 Å². The Kier molecular flexibility index (Phi) is 6.23. The summed E-state index contributed by atoms with van der Waals surface area (Å²) in [6, 6.07) is 6.31. The minimum atomic E-state index is -0.366. The highest BCUT2D eigenvalue weighted by Gasteiger charge is 2.00. The summed E-state index contributed by atoms with van der Waals surface area (Å²) in [6.45, 7) is 4.81. The summed E-state index contributed by atoms with van der Waals surface area (Å²) in [4.78, 5) is 0. The van der Waals surface area contributed by atoms with Gasteiger partial charge in [0.25, 0.3) is 0 Å². The van der Waals surface area contributed by atoms with Gasteiger partial charge in [0, 0.05) is 19.8 Å². The van der Waals surface area contributed by atoms with E-state index in [1.54, 1.807) is 6.07 Å². The minimum Gasteiger partial charge on any atom is -0.382 e. The minimum absolute atomic E-state index is 0.358. The van der Waals surface area contributed by atoms with E-state index in [1.165, 1.54) is 12.1 Å². The lowest BCUT2D eigenvalue weighted by atomic mass is 10.1. The Hall–Kier alpha value is -1.44. The Morgan fingerprint density at radius 2 is 2.24 bits per heavy atom. The molecule has 0 spiro atoms. The number of hydrogen-bond donors (Lipinski definition) is 1. The normalized spacial score (nSPS) is 10.2. The highest BCUT2D eigenvalue weighted by atomic mass is 19.1. The molecule has 4 heteroatoms. The molecule has 92 valence electrons. The van der Waals surface area contributed by atoms with Crippen molar-refractivity contribution in [1.29, 1.82) is 5.26 Å². The Labute approximate surface area is 101 Å². The smallest absolute Gasteiger partial charge is 0.124 e. The maximum Gasteiger partial charge on any atom is 0.124 e. The van der Waals surface area contributed by atoms with Crippen LogP contribution < -0.4 is 5.32 Å². The topological polar surface area (TPSA) is 45.0 Å². The predicted octanol–water partition coefficient (Wildman–Crippen LogP) is 2.21. The van der Waals surface area contributed by atoms with Crippen LogP contribution in [0.3, 0.4) is 0 Å². The van der Waals surface area contributed by atoms with Crippen LogP contribution in [0.15, 0.2) is 18.2 Å². The number of ether oxygens (including phenoxy) is 1. The first-order valence-corrected chi connectivity index (χ1v) is 5.74. The molecule has 0 aliphatic heterocycles. The van der Waals surface area contributed by atoms with E-state index < -0.39 is 0 Å². The molecule has 0 saturated carbocycles. The monoisotopic (exact) mass is 236 g/mol. The molecular formula is C13H17FN2O. The predicted molar refractivity (Wildman–Crippen MR) is 63.9 cm³/mol. The fourth-order valence-corrected chi connectivity index (χ4v) is 1.49. The lowest BCUT2D eigenvalue weighted by Gasteiger charge is -2.05. The van der Waals surface area contributed by atoms with Gasteiger partial charge in [0.2, 0.25) is 0 Å². The van der Waals surface area contributed by atoms with Crippen molar-refractivity contribution in [3.05, 3.63) is 35.1 Å². The molecule has 0 bridgehead atoms. The second kappa shape index (κ2) is 7.77. The van der Waals surface area contributed by atoms with Crippen molar-refractivity contribution in [3.63, 3.8) is 0 Å². The maximum absolute atomic E-state index is 13.1. The van der Waals surface area contributed by atoms with Gasteiger partial charge >= 0.3 is 0 Å². The molecule has 0 fully saturated rings. The molecule has 0 unspecified atom stereocenters. The van der Waals surface area contributed by atoms with Crippen LogP contribution in [0.4, 0.5) is 4.39 Å². The van der Waals surface area contributed by atoms with Crippen molar-refractivity contribution in [1.82, 2.24) is 5.32 Å². The van der Waals surface area contributed by atoms with Gasteiger partial charge in [-0.05, 0) is 43.7 Å². The summed E-state index contributed by atoms with van der Waals surface area (Å²) < 4.78 is 18.3. The third-order valence-corrected chi connectivity index (χ3v) is 2.26. The quantitative estimate of drug-likeness (QED) is 0.738. The van der Waals surface area contributed by atoms with Crippen LogP contribution >= 0.6 is 0 Å². The van der Waals surface area contributed by atoms with Crippen molar-refractivity contribution in [3.8, 4) is 6.07 Å². The van der Waals surface area contributed by atoms with Gasteiger partial charge in [-0.15, -0.1) is 0 Å². The summed E-state index contributed by atoms with van der Waals surface area (Å²) >= 11 is 0. The maximum atomic E-state index is 13.1. The molecule has 1 aromatic carbocycles. The Morgan fingerprint density at radius 1 is 1.41 bits per heavy atom. The van der Waals surface area contributed by atoms with Crippen LogP contribution in [0.5, 0.6) is 0 Å². The molecule has 0 saturated heterocycles. The van der Waals surface area contributed by atoms with Crippen molar-refractivity contribution in [2.75, 3.05) is 19.8 Å². The molecule has 0 amide bonds. The molecule has 0 aliphatic carbocycles. The number of hydrogen-bond acceptors (Lipinski definition) is 3. The van der Waals surface area contributed by atoms with Gasteiger partial charge in [0.1, 0.15) is 5.82 Å². The van der Waals surface area contributed by atoms with E-state index in [1.807, 2.05) is 13.0 Å². The number of nitrogens with one attached hydrogen (secondary N) is 1. The van der Waals surface area contributed by atoms with Crippen molar-refractivity contribution in [2.45, 2.75) is 19.9 Å². The lowest BCUT2D eigenvalue weighted by Crippen LogP contribution is -2.16. The SMILES string of the molecule is CCOCCCNCc1cc(F)cc(C#N)c1. The van der Waals surface area contributed by atoms with Crippen LogP contribution in [0, 0.1) is 17.1 Å². The number of nitriles is 1. The zero-order valence-corrected chi connectivity index (χ0v) is 10.0. The van der Waals surface area contributed by atoms with E-state index in [2.05, 4.69) is 5.32 Å². The van der Waals surface area contributed by atoms with Crippen molar-refractivity contribution in [2.24, 2.45) is 0 Å². The van der Waals surface area contributed by atoms with E-state index in [9.17, 15) is 4.39 Å². The third-order valence-electron chi connectivity index (χ3n) is 2.26. The molecular weight excluding hydrogens is 219 g/mol. The fraction of sp³-hybridized carbons (Fsp3) is 0.462. The zero-order chi connectivity index (χ0) is 12.5. The van der Waals surface area contributed by atoms with Gasteiger partial charge in [-0.2, -0.15) is 5.26 Å². The van der Waals surface area contributed by atoms with E-state index in [-0.39, 0.29) is 5.82 Å². The van der Waals surface area contributed by atoms with Gasteiger partial charge in [-0.25, -0.2) is 4.39 Å². The van der Waals surface area contributed by atoms with Crippen LogP contribution in [0.25, 0.3) is 0 Å². The molecule has 1 aromatic rings.